The van der Waals surface area contributed by atoms with E-state index in [1.807, 2.05) is 13.0 Å². The van der Waals surface area contributed by atoms with Crippen LogP contribution in [0.3, 0.4) is 0 Å². The van der Waals surface area contributed by atoms with Crippen LogP contribution in [0.1, 0.15) is 74.0 Å². The largest absolute Gasteiger partial charge is 0.507 e. The minimum absolute atomic E-state index is 0.0325. The predicted octanol–water partition coefficient (Wildman–Crippen LogP) is 4.65. The lowest BCUT2D eigenvalue weighted by atomic mass is 9.92. The van der Waals surface area contributed by atoms with Crippen molar-refractivity contribution < 1.29 is 35.1 Å². The second-order valence-electron chi connectivity index (χ2n) is 9.00. The van der Waals surface area contributed by atoms with E-state index in [0.717, 1.165) is 18.4 Å². The smallest absolute Gasteiger partial charge is 0.174 e. The standard InChI is InChI=1S/C25H30O7/c1-14(5-4-10-25(2,3)31)6-8-16-18(27)12-22-23(24(16)30)20(29)13-21(32-22)15-7-9-17(26)19(28)11-15/h6-7,9,11-12,21,26-28,30-31H,4-5,8,10,13H2,1-3H3/b14-6+. The SMILES string of the molecule is C/C(=C\Cc1c(O)cc2c(c1O)C(=O)CC(c1ccc(O)c(O)c1)O2)CCCC(C)(C)O. The molecule has 2 aromatic carbocycles. The van der Waals surface area contributed by atoms with Crippen LogP contribution in [0.5, 0.6) is 28.7 Å². The van der Waals surface area contributed by atoms with Gasteiger partial charge in [-0.25, -0.2) is 0 Å². The van der Waals surface area contributed by atoms with Crippen LogP contribution in [-0.4, -0.2) is 36.9 Å². The van der Waals surface area contributed by atoms with Crippen molar-refractivity contribution in [3.05, 3.63) is 52.6 Å². The van der Waals surface area contributed by atoms with E-state index in [4.69, 9.17) is 4.74 Å². The first kappa shape index (κ1) is 23.5. The van der Waals surface area contributed by atoms with Gasteiger partial charge in [-0.05, 0) is 64.2 Å². The van der Waals surface area contributed by atoms with Crippen LogP contribution in [0, 0.1) is 0 Å². The molecule has 0 radical (unpaired) electrons. The molecule has 2 aromatic rings. The highest BCUT2D eigenvalue weighted by Crippen LogP contribution is 2.45. The summed E-state index contributed by atoms with van der Waals surface area (Å²) in [5, 5.41) is 50.2. The van der Waals surface area contributed by atoms with Gasteiger partial charge < -0.3 is 30.3 Å². The van der Waals surface area contributed by atoms with Crippen LogP contribution in [-0.2, 0) is 6.42 Å². The van der Waals surface area contributed by atoms with Crippen molar-refractivity contribution in [3.63, 3.8) is 0 Å². The average molecular weight is 443 g/mol. The molecule has 0 fully saturated rings. The summed E-state index contributed by atoms with van der Waals surface area (Å²) >= 11 is 0. The van der Waals surface area contributed by atoms with E-state index in [0.29, 0.717) is 12.0 Å². The molecule has 1 unspecified atom stereocenters. The highest BCUT2D eigenvalue weighted by Gasteiger charge is 2.32. The van der Waals surface area contributed by atoms with Crippen molar-refractivity contribution in [2.45, 2.75) is 64.6 Å². The van der Waals surface area contributed by atoms with E-state index in [1.54, 1.807) is 13.8 Å². The molecule has 7 nitrogen and oxygen atoms in total. The van der Waals surface area contributed by atoms with Gasteiger partial charge in [0.1, 0.15) is 28.9 Å². The van der Waals surface area contributed by atoms with Gasteiger partial charge in [0.25, 0.3) is 0 Å². The van der Waals surface area contributed by atoms with Gasteiger partial charge in [0.15, 0.2) is 17.3 Å². The van der Waals surface area contributed by atoms with Crippen molar-refractivity contribution in [2.24, 2.45) is 0 Å². The molecular weight excluding hydrogens is 412 g/mol. The Hall–Kier alpha value is -3.19. The van der Waals surface area contributed by atoms with Gasteiger partial charge in [-0.3, -0.25) is 4.79 Å². The number of ether oxygens (including phenoxy) is 1. The van der Waals surface area contributed by atoms with Gasteiger partial charge in [0.2, 0.25) is 0 Å². The number of aromatic hydroxyl groups is 4. The number of phenolic OH excluding ortho intramolecular Hbond substituents is 4. The second-order valence-corrected chi connectivity index (χ2v) is 9.00. The Morgan fingerprint density at radius 3 is 2.50 bits per heavy atom. The van der Waals surface area contributed by atoms with Crippen LogP contribution in [0.15, 0.2) is 35.9 Å². The third kappa shape index (κ3) is 5.34. The number of aliphatic hydroxyl groups is 1. The van der Waals surface area contributed by atoms with Crippen molar-refractivity contribution >= 4 is 5.78 Å². The molecule has 0 aromatic heterocycles. The normalized spacial score (nSPS) is 16.6. The molecule has 7 heteroatoms. The molecular formula is C25H30O7. The number of rotatable bonds is 7. The fourth-order valence-electron chi connectivity index (χ4n) is 3.81. The highest BCUT2D eigenvalue weighted by atomic mass is 16.5. The number of hydrogen-bond donors (Lipinski definition) is 5. The molecule has 0 aliphatic carbocycles. The Balaban J connectivity index is 1.79. The van der Waals surface area contributed by atoms with Gasteiger partial charge in [-0.15, -0.1) is 0 Å². The number of ketones is 1. The molecule has 1 atom stereocenters. The first-order valence-electron chi connectivity index (χ1n) is 10.6. The number of benzene rings is 2. The van der Waals surface area contributed by atoms with Crippen LogP contribution < -0.4 is 4.74 Å². The number of Topliss-reactive ketones (excluding diaryl/α,β-unsaturated/α-hetero) is 1. The topological polar surface area (TPSA) is 127 Å². The predicted molar refractivity (Wildman–Crippen MR) is 119 cm³/mol. The van der Waals surface area contributed by atoms with Crippen molar-refractivity contribution in [2.75, 3.05) is 0 Å². The van der Waals surface area contributed by atoms with Crippen LogP contribution in [0.25, 0.3) is 0 Å². The van der Waals surface area contributed by atoms with Gasteiger partial charge in [0.05, 0.1) is 12.0 Å². The number of carbonyl (C=O) groups is 1. The summed E-state index contributed by atoms with van der Waals surface area (Å²) in [5.41, 5.74) is 1.12. The maximum atomic E-state index is 12.8. The van der Waals surface area contributed by atoms with E-state index in [-0.39, 0.29) is 58.5 Å². The van der Waals surface area contributed by atoms with E-state index in [2.05, 4.69) is 0 Å². The molecule has 1 aliphatic rings. The summed E-state index contributed by atoms with van der Waals surface area (Å²) < 4.78 is 5.84. The maximum absolute atomic E-state index is 12.8. The molecule has 0 saturated carbocycles. The Kier molecular flexibility index (Phi) is 6.69. The summed E-state index contributed by atoms with van der Waals surface area (Å²) in [7, 11) is 0. The van der Waals surface area contributed by atoms with E-state index < -0.39 is 11.7 Å². The summed E-state index contributed by atoms with van der Waals surface area (Å²) in [4.78, 5) is 12.8. The Morgan fingerprint density at radius 2 is 1.84 bits per heavy atom. The third-order valence-electron chi connectivity index (χ3n) is 5.65. The first-order valence-corrected chi connectivity index (χ1v) is 10.6. The van der Waals surface area contributed by atoms with Crippen LogP contribution in [0.4, 0.5) is 0 Å². The summed E-state index contributed by atoms with van der Waals surface area (Å²) in [6.45, 7) is 5.48. The lowest BCUT2D eigenvalue weighted by Gasteiger charge is -2.27. The summed E-state index contributed by atoms with van der Waals surface area (Å²) in [6, 6.07) is 5.49. The highest BCUT2D eigenvalue weighted by molar-refractivity contribution is 6.03. The van der Waals surface area contributed by atoms with Crippen LogP contribution >= 0.6 is 0 Å². The number of allylic oxidation sites excluding steroid dienone is 2. The fourth-order valence-corrected chi connectivity index (χ4v) is 3.81. The zero-order chi connectivity index (χ0) is 23.6. The minimum atomic E-state index is -0.718. The summed E-state index contributed by atoms with van der Waals surface area (Å²) in [6.07, 6.45) is 3.63. The van der Waals surface area contributed by atoms with Crippen molar-refractivity contribution in [1.29, 1.82) is 0 Å². The number of phenols is 4. The third-order valence-corrected chi connectivity index (χ3v) is 5.65. The zero-order valence-corrected chi connectivity index (χ0v) is 18.6. The fraction of sp³-hybridized carbons (Fsp3) is 0.400. The van der Waals surface area contributed by atoms with Crippen molar-refractivity contribution in [1.82, 2.24) is 0 Å². The Labute approximate surface area is 187 Å². The van der Waals surface area contributed by atoms with Gasteiger partial charge >= 0.3 is 0 Å². The van der Waals surface area contributed by atoms with Crippen molar-refractivity contribution in [3.8, 4) is 28.7 Å². The lowest BCUT2D eigenvalue weighted by Crippen LogP contribution is -2.21. The monoisotopic (exact) mass is 442 g/mol. The first-order chi connectivity index (χ1) is 15.0. The molecule has 0 amide bonds. The molecule has 0 bridgehead atoms. The molecule has 1 aliphatic heterocycles. The summed E-state index contributed by atoms with van der Waals surface area (Å²) in [5.74, 6) is -1.34. The Bertz CT molecular complexity index is 1050. The van der Waals surface area contributed by atoms with Gasteiger partial charge in [-0.2, -0.15) is 0 Å². The molecule has 5 N–H and O–H groups in total. The minimum Gasteiger partial charge on any atom is -0.507 e. The Morgan fingerprint density at radius 1 is 1.12 bits per heavy atom. The molecule has 0 spiro atoms. The quantitative estimate of drug-likeness (QED) is 0.312. The maximum Gasteiger partial charge on any atom is 0.174 e. The average Bonchev–Trinajstić information content (AvgIpc) is 2.68. The molecule has 32 heavy (non-hydrogen) atoms. The number of hydrogen-bond acceptors (Lipinski definition) is 7. The lowest BCUT2D eigenvalue weighted by molar-refractivity contribution is 0.0689. The second kappa shape index (κ2) is 9.12. The molecule has 0 saturated heterocycles. The van der Waals surface area contributed by atoms with Gasteiger partial charge in [-0.1, -0.05) is 17.7 Å². The number of carbonyl (C=O) groups excluding carboxylic acids is 1. The van der Waals surface area contributed by atoms with Gasteiger partial charge in [0, 0.05) is 11.6 Å². The molecule has 3 rings (SSSR count). The van der Waals surface area contributed by atoms with E-state index in [9.17, 15) is 30.3 Å². The van der Waals surface area contributed by atoms with Crippen LogP contribution in [0.2, 0.25) is 0 Å². The molecule has 1 heterocycles. The molecule has 172 valence electrons. The van der Waals surface area contributed by atoms with E-state index in [1.165, 1.54) is 24.3 Å². The zero-order valence-electron chi connectivity index (χ0n) is 18.6. The van der Waals surface area contributed by atoms with E-state index >= 15 is 0 Å². The number of fused-ring (bicyclic) bond motifs is 1.